The highest BCUT2D eigenvalue weighted by Crippen LogP contribution is 2.23. The second-order valence-electron chi connectivity index (χ2n) is 6.94. The Bertz CT molecular complexity index is 590. The second-order valence-corrected chi connectivity index (χ2v) is 8.45. The minimum absolute atomic E-state index is 0.165. The topological polar surface area (TPSA) is 56.7 Å². The van der Waals surface area contributed by atoms with E-state index in [-0.39, 0.29) is 10.7 Å². The molecule has 0 spiro atoms. The number of carbonyl (C=O) groups excluding carboxylic acids is 1. The molecule has 1 aliphatic heterocycles. The Kier molecular flexibility index (Phi) is 7.17. The third-order valence-corrected chi connectivity index (χ3v) is 5.76. The largest absolute Gasteiger partial charge is 0.356 e. The second kappa shape index (κ2) is 9.13. The average Bonchev–Trinajstić information content (AvgIpc) is 3.05. The Labute approximate surface area is 155 Å². The summed E-state index contributed by atoms with van der Waals surface area (Å²) in [7, 11) is 1.77. The minimum atomic E-state index is 0.165. The van der Waals surface area contributed by atoms with Gasteiger partial charge >= 0.3 is 0 Å². The lowest BCUT2D eigenvalue weighted by atomic mass is 10.1. The van der Waals surface area contributed by atoms with Crippen LogP contribution in [0.15, 0.2) is 29.3 Å². The van der Waals surface area contributed by atoms with E-state index in [1.165, 1.54) is 11.1 Å². The van der Waals surface area contributed by atoms with Crippen LogP contribution in [0.25, 0.3) is 0 Å². The zero-order chi connectivity index (χ0) is 18.3. The number of carbonyl (C=O) groups is 1. The van der Waals surface area contributed by atoms with Gasteiger partial charge in [0.1, 0.15) is 0 Å². The van der Waals surface area contributed by atoms with Gasteiger partial charge in [0.15, 0.2) is 5.96 Å². The molecule has 1 heterocycles. The van der Waals surface area contributed by atoms with E-state index < -0.39 is 0 Å². The van der Waals surface area contributed by atoms with Gasteiger partial charge in [-0.1, -0.05) is 24.3 Å². The number of benzene rings is 1. The predicted octanol–water partition coefficient (Wildman–Crippen LogP) is 2.62. The van der Waals surface area contributed by atoms with E-state index >= 15 is 0 Å². The highest BCUT2D eigenvalue weighted by atomic mass is 32.2. The summed E-state index contributed by atoms with van der Waals surface area (Å²) in [6, 6.07) is 8.28. The van der Waals surface area contributed by atoms with E-state index in [9.17, 15) is 4.79 Å². The third-order valence-electron chi connectivity index (χ3n) is 4.51. The monoisotopic (exact) mass is 362 g/mol. The Morgan fingerprint density at radius 1 is 1.24 bits per heavy atom. The smallest absolute Gasteiger partial charge is 0.223 e. The fourth-order valence-electron chi connectivity index (χ4n) is 2.70. The number of amides is 1. The third kappa shape index (κ3) is 5.96. The SMILES string of the molecule is CN=C(NCCCC(=O)N1Cc2ccccc2C1)NCC(C)(C)SC. The van der Waals surface area contributed by atoms with Crippen LogP contribution in [0.5, 0.6) is 0 Å². The van der Waals surface area contributed by atoms with Gasteiger partial charge in [0.05, 0.1) is 0 Å². The standard InChI is InChI=1S/C19H30N4OS/c1-19(2,25-4)14-22-18(20-3)21-11-7-10-17(24)23-12-15-8-5-6-9-16(15)13-23/h5-6,8-9H,7,10-14H2,1-4H3,(H2,20,21,22). The molecule has 1 aromatic carbocycles. The van der Waals surface area contributed by atoms with Crippen molar-refractivity contribution in [1.82, 2.24) is 15.5 Å². The van der Waals surface area contributed by atoms with E-state index in [0.29, 0.717) is 6.42 Å². The molecular weight excluding hydrogens is 332 g/mol. The van der Waals surface area contributed by atoms with E-state index in [2.05, 4.69) is 47.9 Å². The fourth-order valence-corrected chi connectivity index (χ4v) is 2.92. The number of aliphatic imine (C=N–C) groups is 1. The van der Waals surface area contributed by atoms with Crippen molar-refractivity contribution in [3.63, 3.8) is 0 Å². The van der Waals surface area contributed by atoms with Crippen LogP contribution in [-0.2, 0) is 17.9 Å². The van der Waals surface area contributed by atoms with Gasteiger partial charge in [0.25, 0.3) is 0 Å². The zero-order valence-electron chi connectivity index (χ0n) is 15.8. The molecule has 0 saturated heterocycles. The lowest BCUT2D eigenvalue weighted by Crippen LogP contribution is -2.43. The number of thioether (sulfide) groups is 1. The Morgan fingerprint density at radius 2 is 1.88 bits per heavy atom. The van der Waals surface area contributed by atoms with Crippen LogP contribution in [0.1, 0.15) is 37.8 Å². The first kappa shape index (κ1) is 19.6. The number of guanidine groups is 1. The lowest BCUT2D eigenvalue weighted by Gasteiger charge is -2.23. The first-order valence-electron chi connectivity index (χ1n) is 8.79. The normalized spacial score (nSPS) is 14.4. The molecule has 2 rings (SSSR count). The van der Waals surface area contributed by atoms with Crippen molar-refractivity contribution in [3.05, 3.63) is 35.4 Å². The van der Waals surface area contributed by atoms with Crippen molar-refractivity contribution in [1.29, 1.82) is 0 Å². The highest BCUT2D eigenvalue weighted by Gasteiger charge is 2.22. The van der Waals surface area contributed by atoms with Gasteiger partial charge in [-0.3, -0.25) is 9.79 Å². The molecule has 0 bridgehead atoms. The van der Waals surface area contributed by atoms with Gasteiger partial charge in [-0.2, -0.15) is 11.8 Å². The number of nitrogens with one attached hydrogen (secondary N) is 2. The van der Waals surface area contributed by atoms with Gasteiger partial charge in [0.2, 0.25) is 5.91 Å². The van der Waals surface area contributed by atoms with Crippen LogP contribution in [0.4, 0.5) is 0 Å². The number of rotatable bonds is 7. The number of fused-ring (bicyclic) bond motifs is 1. The van der Waals surface area contributed by atoms with Crippen molar-refractivity contribution in [2.45, 2.75) is 44.5 Å². The van der Waals surface area contributed by atoms with Gasteiger partial charge in [-0.15, -0.1) is 0 Å². The lowest BCUT2D eigenvalue weighted by molar-refractivity contribution is -0.131. The number of hydrogen-bond acceptors (Lipinski definition) is 3. The van der Waals surface area contributed by atoms with Crippen molar-refractivity contribution >= 4 is 23.6 Å². The van der Waals surface area contributed by atoms with Crippen molar-refractivity contribution in [3.8, 4) is 0 Å². The number of hydrogen-bond donors (Lipinski definition) is 2. The summed E-state index contributed by atoms with van der Waals surface area (Å²) in [6.07, 6.45) is 3.48. The summed E-state index contributed by atoms with van der Waals surface area (Å²) in [5, 5.41) is 6.63. The average molecular weight is 363 g/mol. The predicted molar refractivity (Wildman–Crippen MR) is 107 cm³/mol. The maximum Gasteiger partial charge on any atom is 0.223 e. The molecule has 0 aliphatic carbocycles. The summed E-state index contributed by atoms with van der Waals surface area (Å²) in [4.78, 5) is 18.6. The highest BCUT2D eigenvalue weighted by molar-refractivity contribution is 7.99. The van der Waals surface area contributed by atoms with Crippen LogP contribution >= 0.6 is 11.8 Å². The van der Waals surface area contributed by atoms with Crippen molar-refractivity contribution in [2.75, 3.05) is 26.4 Å². The van der Waals surface area contributed by atoms with Crippen LogP contribution in [0.2, 0.25) is 0 Å². The van der Waals surface area contributed by atoms with Crippen LogP contribution in [0.3, 0.4) is 0 Å². The van der Waals surface area contributed by atoms with E-state index in [4.69, 9.17) is 0 Å². The zero-order valence-corrected chi connectivity index (χ0v) is 16.6. The summed E-state index contributed by atoms with van der Waals surface area (Å²) in [5.74, 6) is 1.02. The first-order valence-corrected chi connectivity index (χ1v) is 10.0. The molecule has 138 valence electrons. The fraction of sp³-hybridized carbons (Fsp3) is 0.579. The van der Waals surface area contributed by atoms with Crippen molar-refractivity contribution < 1.29 is 4.79 Å². The molecule has 0 unspecified atom stereocenters. The van der Waals surface area contributed by atoms with Gasteiger partial charge in [-0.25, -0.2) is 0 Å². The Balaban J connectivity index is 1.66. The molecule has 0 atom stereocenters. The summed E-state index contributed by atoms with van der Waals surface area (Å²) < 4.78 is 0.165. The van der Waals surface area contributed by atoms with Crippen LogP contribution in [0, 0.1) is 0 Å². The summed E-state index contributed by atoms with van der Waals surface area (Å²) in [6.45, 7) is 7.48. The first-order chi connectivity index (χ1) is 11.9. The van der Waals surface area contributed by atoms with E-state index in [1.807, 2.05) is 28.8 Å². The number of nitrogens with zero attached hydrogens (tertiary/aromatic N) is 2. The molecule has 25 heavy (non-hydrogen) atoms. The molecule has 1 amide bonds. The van der Waals surface area contributed by atoms with Gasteiger partial charge < -0.3 is 15.5 Å². The molecule has 6 heteroatoms. The van der Waals surface area contributed by atoms with Gasteiger partial charge in [0, 0.05) is 44.4 Å². The molecular formula is C19H30N4OS. The van der Waals surface area contributed by atoms with Gasteiger partial charge in [-0.05, 0) is 37.7 Å². The molecule has 0 aromatic heterocycles. The molecule has 2 N–H and O–H groups in total. The van der Waals surface area contributed by atoms with Crippen molar-refractivity contribution in [2.24, 2.45) is 4.99 Å². The Hall–Kier alpha value is -1.69. The molecule has 0 fully saturated rings. The van der Waals surface area contributed by atoms with E-state index in [0.717, 1.165) is 38.6 Å². The van der Waals surface area contributed by atoms with E-state index in [1.54, 1.807) is 7.05 Å². The molecule has 1 aromatic rings. The minimum Gasteiger partial charge on any atom is -0.356 e. The maximum absolute atomic E-state index is 12.4. The summed E-state index contributed by atoms with van der Waals surface area (Å²) >= 11 is 1.83. The van der Waals surface area contributed by atoms with Crippen LogP contribution in [-0.4, -0.2) is 47.9 Å². The molecule has 5 nitrogen and oxygen atoms in total. The van der Waals surface area contributed by atoms with Crippen LogP contribution < -0.4 is 10.6 Å². The maximum atomic E-state index is 12.4. The molecule has 1 aliphatic rings. The summed E-state index contributed by atoms with van der Waals surface area (Å²) in [5.41, 5.74) is 2.55. The Morgan fingerprint density at radius 3 is 2.44 bits per heavy atom. The molecule has 0 saturated carbocycles. The molecule has 0 radical (unpaired) electrons. The quantitative estimate of drug-likeness (QED) is 0.445.